The van der Waals surface area contributed by atoms with Crippen LogP contribution in [0.25, 0.3) is 0 Å². The highest BCUT2D eigenvalue weighted by Crippen LogP contribution is 2.32. The third-order valence-electron chi connectivity index (χ3n) is 5.46. The van der Waals surface area contributed by atoms with Gasteiger partial charge in [0.2, 0.25) is 5.91 Å². The first kappa shape index (κ1) is 17.4. The average molecular weight is 331 g/mol. The number of hydrogen-bond acceptors (Lipinski definition) is 4. The van der Waals surface area contributed by atoms with Gasteiger partial charge in [-0.05, 0) is 55.8 Å². The lowest BCUT2D eigenvalue weighted by Crippen LogP contribution is -2.35. The van der Waals surface area contributed by atoms with E-state index < -0.39 is 0 Å². The van der Waals surface area contributed by atoms with E-state index >= 15 is 0 Å². The van der Waals surface area contributed by atoms with Crippen molar-refractivity contribution in [3.63, 3.8) is 0 Å². The Morgan fingerprint density at radius 1 is 1.25 bits per heavy atom. The van der Waals surface area contributed by atoms with Crippen molar-refractivity contribution < 1.29 is 9.90 Å². The number of aliphatic hydroxyl groups is 1. The molecule has 0 radical (unpaired) electrons. The number of carbonyl (C=O) groups is 1. The van der Waals surface area contributed by atoms with Gasteiger partial charge >= 0.3 is 0 Å². The molecule has 0 unspecified atom stereocenters. The van der Waals surface area contributed by atoms with Crippen molar-refractivity contribution in [1.82, 2.24) is 4.90 Å². The summed E-state index contributed by atoms with van der Waals surface area (Å²) in [7, 11) is 0. The highest BCUT2D eigenvalue weighted by Gasteiger charge is 2.31. The Morgan fingerprint density at radius 2 is 2.04 bits per heavy atom. The summed E-state index contributed by atoms with van der Waals surface area (Å²) in [6.45, 7) is 3.32. The summed E-state index contributed by atoms with van der Waals surface area (Å²) in [4.78, 5) is 14.9. The van der Waals surface area contributed by atoms with Crippen LogP contribution < -0.4 is 11.1 Å². The van der Waals surface area contributed by atoms with Crippen LogP contribution in [-0.4, -0.2) is 41.7 Å². The summed E-state index contributed by atoms with van der Waals surface area (Å²) in [5.74, 6) is 0.497. The van der Waals surface area contributed by atoms with Crippen molar-refractivity contribution in [2.24, 2.45) is 17.6 Å². The van der Waals surface area contributed by atoms with E-state index in [1.165, 1.54) is 5.56 Å². The lowest BCUT2D eigenvalue weighted by atomic mass is 9.95. The molecule has 24 heavy (non-hydrogen) atoms. The Morgan fingerprint density at radius 3 is 2.79 bits per heavy atom. The quantitative estimate of drug-likeness (QED) is 0.771. The van der Waals surface area contributed by atoms with Gasteiger partial charge in [-0.1, -0.05) is 18.6 Å². The predicted octanol–water partition coefficient (Wildman–Crippen LogP) is 1.96. The van der Waals surface area contributed by atoms with Crippen LogP contribution in [0.15, 0.2) is 24.3 Å². The number of piperidine rings is 1. The first-order chi connectivity index (χ1) is 11.7. The number of benzene rings is 1. The van der Waals surface area contributed by atoms with Crippen LogP contribution in [0.5, 0.6) is 0 Å². The summed E-state index contributed by atoms with van der Waals surface area (Å²) in [6, 6.07) is 8.11. The van der Waals surface area contributed by atoms with Crippen molar-refractivity contribution >= 4 is 11.6 Å². The maximum Gasteiger partial charge on any atom is 0.227 e. The lowest BCUT2D eigenvalue weighted by molar-refractivity contribution is -0.120. The molecule has 1 aromatic carbocycles. The predicted molar refractivity (Wildman–Crippen MR) is 95.5 cm³/mol. The van der Waals surface area contributed by atoms with Crippen LogP contribution in [0.4, 0.5) is 5.69 Å². The van der Waals surface area contributed by atoms with Gasteiger partial charge in [-0.15, -0.1) is 0 Å². The SMILES string of the molecule is NC[C@H]1CCC[C@H]1C(=O)Nc1cccc(CN2CCC(O)CC2)c1. The molecular weight excluding hydrogens is 302 g/mol. The molecule has 1 saturated carbocycles. The van der Waals surface area contributed by atoms with E-state index in [0.717, 1.165) is 57.4 Å². The molecule has 5 nitrogen and oxygen atoms in total. The molecule has 2 atom stereocenters. The monoisotopic (exact) mass is 331 g/mol. The molecule has 0 bridgehead atoms. The van der Waals surface area contributed by atoms with Gasteiger partial charge in [0.15, 0.2) is 0 Å². The number of carbonyl (C=O) groups excluding carboxylic acids is 1. The summed E-state index contributed by atoms with van der Waals surface area (Å²) >= 11 is 0. The van der Waals surface area contributed by atoms with Gasteiger partial charge < -0.3 is 16.2 Å². The van der Waals surface area contributed by atoms with Crippen LogP contribution >= 0.6 is 0 Å². The largest absolute Gasteiger partial charge is 0.393 e. The number of hydrogen-bond donors (Lipinski definition) is 3. The fourth-order valence-electron chi connectivity index (χ4n) is 3.98. The van der Waals surface area contributed by atoms with E-state index in [0.29, 0.717) is 12.5 Å². The van der Waals surface area contributed by atoms with Crippen molar-refractivity contribution in [2.45, 2.75) is 44.8 Å². The summed E-state index contributed by atoms with van der Waals surface area (Å²) in [6.07, 6.45) is 4.66. The fourth-order valence-corrected chi connectivity index (χ4v) is 3.98. The number of anilines is 1. The summed E-state index contributed by atoms with van der Waals surface area (Å²) in [5.41, 5.74) is 7.86. The maximum atomic E-state index is 12.5. The minimum atomic E-state index is -0.145. The van der Waals surface area contributed by atoms with E-state index in [4.69, 9.17) is 5.73 Å². The van der Waals surface area contributed by atoms with Crippen LogP contribution in [0, 0.1) is 11.8 Å². The topological polar surface area (TPSA) is 78.6 Å². The molecule has 1 aromatic rings. The minimum Gasteiger partial charge on any atom is -0.393 e. The molecule has 0 aromatic heterocycles. The van der Waals surface area contributed by atoms with Gasteiger partial charge in [-0.25, -0.2) is 0 Å². The second-order valence-corrected chi connectivity index (χ2v) is 7.23. The normalized spacial score (nSPS) is 25.8. The molecule has 4 N–H and O–H groups in total. The van der Waals surface area contributed by atoms with Crippen molar-refractivity contribution in [3.8, 4) is 0 Å². The second-order valence-electron chi connectivity index (χ2n) is 7.23. The zero-order valence-corrected chi connectivity index (χ0v) is 14.3. The second kappa shape index (κ2) is 8.10. The van der Waals surface area contributed by atoms with Crippen molar-refractivity contribution in [1.29, 1.82) is 0 Å². The summed E-state index contributed by atoms with van der Waals surface area (Å²) in [5, 5.41) is 12.7. The Bertz CT molecular complexity index is 555. The Hall–Kier alpha value is -1.43. The third-order valence-corrected chi connectivity index (χ3v) is 5.46. The standard InChI is InChI=1S/C19H29N3O2/c20-12-15-4-2-6-18(15)19(24)21-16-5-1-3-14(11-16)13-22-9-7-17(23)8-10-22/h1,3,5,11,15,17-18,23H,2,4,6-10,12-13,20H2,(H,21,24)/t15-,18-/m1/s1. The highest BCUT2D eigenvalue weighted by molar-refractivity contribution is 5.93. The maximum absolute atomic E-state index is 12.5. The minimum absolute atomic E-state index is 0.0576. The van der Waals surface area contributed by atoms with Gasteiger partial charge in [0.1, 0.15) is 0 Å². The number of amides is 1. The molecule has 1 aliphatic heterocycles. The van der Waals surface area contributed by atoms with Gasteiger partial charge in [0, 0.05) is 31.2 Å². The van der Waals surface area contributed by atoms with Gasteiger partial charge in [-0.3, -0.25) is 9.69 Å². The zero-order chi connectivity index (χ0) is 16.9. The van der Waals surface area contributed by atoms with Crippen LogP contribution in [0.3, 0.4) is 0 Å². The number of nitrogens with zero attached hydrogens (tertiary/aromatic N) is 1. The number of aliphatic hydroxyl groups excluding tert-OH is 1. The Balaban J connectivity index is 1.57. The number of nitrogens with one attached hydrogen (secondary N) is 1. The first-order valence-corrected chi connectivity index (χ1v) is 9.16. The smallest absolute Gasteiger partial charge is 0.227 e. The van der Waals surface area contributed by atoms with E-state index in [2.05, 4.69) is 22.3 Å². The molecule has 1 aliphatic carbocycles. The average Bonchev–Trinajstić information content (AvgIpc) is 3.06. The molecule has 5 heteroatoms. The van der Waals surface area contributed by atoms with Crippen molar-refractivity contribution in [2.75, 3.05) is 25.0 Å². The molecule has 132 valence electrons. The van der Waals surface area contributed by atoms with Gasteiger partial charge in [0.05, 0.1) is 6.10 Å². The molecule has 3 rings (SSSR count). The van der Waals surface area contributed by atoms with Crippen LogP contribution in [-0.2, 0) is 11.3 Å². The van der Waals surface area contributed by atoms with E-state index in [-0.39, 0.29) is 17.9 Å². The first-order valence-electron chi connectivity index (χ1n) is 9.16. The van der Waals surface area contributed by atoms with Crippen LogP contribution in [0.1, 0.15) is 37.7 Å². The molecule has 2 aliphatic rings. The van der Waals surface area contributed by atoms with Gasteiger partial charge in [-0.2, -0.15) is 0 Å². The third kappa shape index (κ3) is 4.35. The Kier molecular flexibility index (Phi) is 5.87. The number of rotatable bonds is 5. The highest BCUT2D eigenvalue weighted by atomic mass is 16.3. The number of nitrogens with two attached hydrogens (primary N) is 1. The summed E-state index contributed by atoms with van der Waals surface area (Å²) < 4.78 is 0. The fraction of sp³-hybridized carbons (Fsp3) is 0.632. The van der Waals surface area contributed by atoms with E-state index in [9.17, 15) is 9.90 Å². The molecule has 1 heterocycles. The molecular formula is C19H29N3O2. The molecule has 1 saturated heterocycles. The lowest BCUT2D eigenvalue weighted by Gasteiger charge is -2.29. The van der Waals surface area contributed by atoms with E-state index in [1.807, 2.05) is 12.1 Å². The van der Waals surface area contributed by atoms with Crippen molar-refractivity contribution in [3.05, 3.63) is 29.8 Å². The van der Waals surface area contributed by atoms with Crippen LogP contribution in [0.2, 0.25) is 0 Å². The molecule has 0 spiro atoms. The molecule has 1 amide bonds. The van der Waals surface area contributed by atoms with E-state index in [1.54, 1.807) is 0 Å². The van der Waals surface area contributed by atoms with Gasteiger partial charge in [0.25, 0.3) is 0 Å². The zero-order valence-electron chi connectivity index (χ0n) is 14.3. The number of likely N-dealkylation sites (tertiary alicyclic amines) is 1. The molecule has 2 fully saturated rings. The Labute approximate surface area is 144 Å².